The van der Waals surface area contributed by atoms with Gasteiger partial charge < -0.3 is 5.43 Å². The molecule has 0 aliphatic rings. The number of nitrogens with zero attached hydrogens (tertiary/aromatic N) is 1. The Morgan fingerprint density at radius 1 is 1.26 bits per heavy atom. The second-order valence-electron chi connectivity index (χ2n) is 4.21. The van der Waals surface area contributed by atoms with Crippen molar-refractivity contribution < 1.29 is 0 Å². The molecule has 96 valence electrons. The van der Waals surface area contributed by atoms with Gasteiger partial charge in [0, 0.05) is 22.2 Å². The minimum Gasteiger partial charge on any atom is -0.308 e. The summed E-state index contributed by atoms with van der Waals surface area (Å²) < 4.78 is 0. The highest BCUT2D eigenvalue weighted by Gasteiger charge is 2.09. The fourth-order valence-corrected chi connectivity index (χ4v) is 3.02. The van der Waals surface area contributed by atoms with Crippen LogP contribution in [0, 0.1) is 0 Å². The van der Waals surface area contributed by atoms with Crippen LogP contribution in [0.1, 0.15) is 10.4 Å². The number of nitrogens with one attached hydrogen (secondary N) is 1. The van der Waals surface area contributed by atoms with Crippen molar-refractivity contribution in [3.63, 3.8) is 0 Å². The molecular formula is C14H12ClN3S. The maximum Gasteiger partial charge on any atom is 0.144 e. The largest absolute Gasteiger partial charge is 0.308 e. The summed E-state index contributed by atoms with van der Waals surface area (Å²) in [6.45, 7) is 0. The van der Waals surface area contributed by atoms with Crippen molar-refractivity contribution in [1.29, 1.82) is 0 Å². The van der Waals surface area contributed by atoms with Crippen molar-refractivity contribution in [3.05, 3.63) is 57.2 Å². The number of rotatable bonds is 3. The number of nitrogens with two attached hydrogens (primary N) is 1. The van der Waals surface area contributed by atoms with Crippen LogP contribution in [0.3, 0.4) is 0 Å². The van der Waals surface area contributed by atoms with E-state index in [1.54, 1.807) is 11.3 Å². The van der Waals surface area contributed by atoms with E-state index in [0.717, 1.165) is 22.9 Å². The van der Waals surface area contributed by atoms with E-state index in [-0.39, 0.29) is 0 Å². The third kappa shape index (κ3) is 2.42. The monoisotopic (exact) mass is 289 g/mol. The molecule has 3 aromatic rings. The van der Waals surface area contributed by atoms with Gasteiger partial charge in [-0.3, -0.25) is 0 Å². The number of hydrogen-bond donors (Lipinski definition) is 2. The highest BCUT2D eigenvalue weighted by Crippen LogP contribution is 2.27. The van der Waals surface area contributed by atoms with E-state index in [0.29, 0.717) is 10.8 Å². The maximum absolute atomic E-state index is 6.15. The molecule has 0 atom stereocenters. The van der Waals surface area contributed by atoms with Gasteiger partial charge in [0.2, 0.25) is 0 Å². The first-order valence-corrected chi connectivity index (χ1v) is 7.11. The normalized spacial score (nSPS) is 10.8. The molecule has 3 nitrogen and oxygen atoms in total. The van der Waals surface area contributed by atoms with E-state index in [9.17, 15) is 0 Å². The number of nitrogen functional groups attached to an aromatic ring is 1. The van der Waals surface area contributed by atoms with Crippen molar-refractivity contribution in [1.82, 2.24) is 4.98 Å². The zero-order valence-corrected chi connectivity index (χ0v) is 11.6. The van der Waals surface area contributed by atoms with Crippen molar-refractivity contribution in [2.75, 3.05) is 5.43 Å². The zero-order chi connectivity index (χ0) is 13.2. The lowest BCUT2D eigenvalue weighted by molar-refractivity contribution is 1.16. The maximum atomic E-state index is 6.15. The molecule has 0 unspecified atom stereocenters. The first-order chi connectivity index (χ1) is 9.28. The van der Waals surface area contributed by atoms with Crippen molar-refractivity contribution in [2.45, 2.75) is 6.42 Å². The number of anilines is 1. The van der Waals surface area contributed by atoms with Crippen LogP contribution in [0.15, 0.2) is 41.8 Å². The van der Waals surface area contributed by atoms with Gasteiger partial charge in [0.1, 0.15) is 5.82 Å². The van der Waals surface area contributed by atoms with Crippen molar-refractivity contribution >= 4 is 39.7 Å². The van der Waals surface area contributed by atoms with Crippen LogP contribution in [0.5, 0.6) is 0 Å². The Morgan fingerprint density at radius 2 is 2.16 bits per heavy atom. The minimum absolute atomic E-state index is 0.636. The number of para-hydroxylation sites is 1. The van der Waals surface area contributed by atoms with Crippen LogP contribution in [-0.4, -0.2) is 4.98 Å². The summed E-state index contributed by atoms with van der Waals surface area (Å²) >= 11 is 7.88. The molecular weight excluding hydrogens is 278 g/mol. The zero-order valence-electron chi connectivity index (χ0n) is 10.1. The minimum atomic E-state index is 0.636. The van der Waals surface area contributed by atoms with Gasteiger partial charge in [0.15, 0.2) is 0 Å². The Bertz CT molecular complexity index is 710. The van der Waals surface area contributed by atoms with Crippen LogP contribution in [0.4, 0.5) is 5.82 Å². The smallest absolute Gasteiger partial charge is 0.144 e. The van der Waals surface area contributed by atoms with Crippen LogP contribution in [0.25, 0.3) is 10.9 Å². The summed E-state index contributed by atoms with van der Waals surface area (Å²) in [5.41, 5.74) is 4.50. The molecule has 0 amide bonds. The Kier molecular flexibility index (Phi) is 3.38. The van der Waals surface area contributed by atoms with E-state index in [1.807, 2.05) is 24.3 Å². The van der Waals surface area contributed by atoms with Gasteiger partial charge in [-0.1, -0.05) is 29.8 Å². The number of thiophene rings is 1. The van der Waals surface area contributed by atoms with Gasteiger partial charge >= 0.3 is 0 Å². The Morgan fingerprint density at radius 3 is 2.89 bits per heavy atom. The third-order valence-electron chi connectivity index (χ3n) is 2.96. The molecule has 0 saturated heterocycles. The Balaban J connectivity index is 2.13. The topological polar surface area (TPSA) is 50.9 Å². The molecule has 2 aromatic heterocycles. The van der Waals surface area contributed by atoms with Gasteiger partial charge in [-0.25, -0.2) is 10.8 Å². The van der Waals surface area contributed by atoms with E-state index < -0.39 is 0 Å². The first-order valence-electron chi connectivity index (χ1n) is 5.85. The number of halogens is 1. The van der Waals surface area contributed by atoms with Gasteiger partial charge in [0.05, 0.1) is 10.5 Å². The van der Waals surface area contributed by atoms with E-state index in [1.165, 1.54) is 4.88 Å². The lowest BCUT2D eigenvalue weighted by Gasteiger charge is -2.10. The third-order valence-corrected chi connectivity index (χ3v) is 4.14. The van der Waals surface area contributed by atoms with Crippen molar-refractivity contribution in [3.8, 4) is 0 Å². The van der Waals surface area contributed by atoms with Gasteiger partial charge in [0.25, 0.3) is 0 Å². The predicted octanol–water partition coefficient (Wildman–Crippen LogP) is 3.83. The summed E-state index contributed by atoms with van der Waals surface area (Å²) in [4.78, 5) is 5.79. The number of aromatic nitrogens is 1. The summed E-state index contributed by atoms with van der Waals surface area (Å²) in [5.74, 6) is 6.24. The van der Waals surface area contributed by atoms with E-state index >= 15 is 0 Å². The number of fused-ring (bicyclic) bond motifs is 1. The lowest BCUT2D eigenvalue weighted by atomic mass is 10.1. The molecule has 0 aliphatic carbocycles. The standard InChI is InChI=1S/C14H12ClN3S/c15-12-5-1-3-9-7-10(8-11-4-2-6-19-11)14(18-16)17-13(9)12/h1-7H,8,16H2,(H,17,18). The summed E-state index contributed by atoms with van der Waals surface area (Å²) in [6.07, 6.45) is 0.812. The van der Waals surface area contributed by atoms with Crippen LogP contribution in [-0.2, 0) is 6.42 Å². The van der Waals surface area contributed by atoms with Gasteiger partial charge in [-0.05, 0) is 23.6 Å². The molecule has 2 heterocycles. The average Bonchev–Trinajstić information content (AvgIpc) is 2.91. The highest BCUT2D eigenvalue weighted by atomic mass is 35.5. The average molecular weight is 290 g/mol. The number of pyridine rings is 1. The molecule has 1 aromatic carbocycles. The number of hydrogen-bond acceptors (Lipinski definition) is 4. The highest BCUT2D eigenvalue weighted by molar-refractivity contribution is 7.09. The van der Waals surface area contributed by atoms with Gasteiger partial charge in [-0.15, -0.1) is 11.3 Å². The molecule has 3 rings (SSSR count). The first kappa shape index (κ1) is 12.4. The van der Waals surface area contributed by atoms with Crippen LogP contribution in [0.2, 0.25) is 5.02 Å². The summed E-state index contributed by atoms with van der Waals surface area (Å²) in [7, 11) is 0. The quantitative estimate of drug-likeness (QED) is 0.569. The summed E-state index contributed by atoms with van der Waals surface area (Å²) in [6, 6.07) is 12.0. The SMILES string of the molecule is NNc1nc2c(Cl)cccc2cc1Cc1cccs1. The Labute approximate surface area is 120 Å². The lowest BCUT2D eigenvalue weighted by Crippen LogP contribution is -2.11. The molecule has 0 saturated carbocycles. The van der Waals surface area contributed by atoms with E-state index in [2.05, 4.69) is 27.9 Å². The number of hydrazine groups is 1. The molecule has 0 aliphatic heterocycles. The molecule has 19 heavy (non-hydrogen) atoms. The molecule has 0 fully saturated rings. The van der Waals surface area contributed by atoms with Crippen molar-refractivity contribution in [2.24, 2.45) is 5.84 Å². The molecule has 0 spiro atoms. The van der Waals surface area contributed by atoms with Crippen LogP contribution < -0.4 is 11.3 Å². The molecule has 0 radical (unpaired) electrons. The predicted molar refractivity (Wildman–Crippen MR) is 81.7 cm³/mol. The van der Waals surface area contributed by atoms with E-state index in [4.69, 9.17) is 17.4 Å². The fourth-order valence-electron chi connectivity index (χ4n) is 2.07. The molecule has 3 N–H and O–H groups in total. The number of benzene rings is 1. The molecule has 0 bridgehead atoms. The summed E-state index contributed by atoms with van der Waals surface area (Å²) in [5, 5.41) is 3.73. The second kappa shape index (κ2) is 5.17. The Hall–Kier alpha value is -1.62. The molecule has 5 heteroatoms. The van der Waals surface area contributed by atoms with Crippen LogP contribution >= 0.6 is 22.9 Å². The van der Waals surface area contributed by atoms with Gasteiger partial charge in [-0.2, -0.15) is 0 Å². The second-order valence-corrected chi connectivity index (χ2v) is 5.65. The fraction of sp³-hybridized carbons (Fsp3) is 0.0714.